The standard InChI is InChI=1S/C8H13IO2/c1-5-2-3-6(8(10)11)7(9)4-5/h5-7H,2-4H2,1H3,(H,10,11). The molecule has 11 heavy (non-hydrogen) atoms. The maximum atomic E-state index is 10.7. The largest absolute Gasteiger partial charge is 0.481 e. The summed E-state index contributed by atoms with van der Waals surface area (Å²) in [6.45, 7) is 2.20. The molecular weight excluding hydrogens is 255 g/mol. The lowest BCUT2D eigenvalue weighted by Crippen LogP contribution is -2.29. The van der Waals surface area contributed by atoms with Crippen LogP contribution in [0.25, 0.3) is 0 Å². The zero-order chi connectivity index (χ0) is 8.43. The van der Waals surface area contributed by atoms with Crippen LogP contribution in [0.3, 0.4) is 0 Å². The number of rotatable bonds is 1. The molecule has 0 bridgehead atoms. The van der Waals surface area contributed by atoms with Gasteiger partial charge in [-0.3, -0.25) is 4.79 Å². The fraction of sp³-hybridized carbons (Fsp3) is 0.875. The van der Waals surface area contributed by atoms with Crippen molar-refractivity contribution in [2.45, 2.75) is 30.1 Å². The molecule has 0 amide bonds. The monoisotopic (exact) mass is 268 g/mol. The molecule has 0 aromatic rings. The Hall–Kier alpha value is 0.200. The van der Waals surface area contributed by atoms with Gasteiger partial charge in [-0.05, 0) is 25.2 Å². The van der Waals surface area contributed by atoms with Crippen LogP contribution in [-0.2, 0) is 4.79 Å². The van der Waals surface area contributed by atoms with Crippen molar-refractivity contribution < 1.29 is 9.90 Å². The molecular formula is C8H13IO2. The first-order valence-corrected chi connectivity index (χ1v) is 5.22. The molecule has 0 saturated heterocycles. The first-order valence-electron chi connectivity index (χ1n) is 3.98. The van der Waals surface area contributed by atoms with Crippen LogP contribution in [-0.4, -0.2) is 15.0 Å². The molecule has 3 atom stereocenters. The van der Waals surface area contributed by atoms with Gasteiger partial charge in [0.05, 0.1) is 5.92 Å². The molecule has 1 aliphatic rings. The number of alkyl halides is 1. The van der Waals surface area contributed by atoms with Gasteiger partial charge in [0.15, 0.2) is 0 Å². The van der Waals surface area contributed by atoms with Gasteiger partial charge in [-0.2, -0.15) is 0 Å². The van der Waals surface area contributed by atoms with E-state index in [2.05, 4.69) is 29.5 Å². The topological polar surface area (TPSA) is 37.3 Å². The third-order valence-corrected chi connectivity index (χ3v) is 3.73. The summed E-state index contributed by atoms with van der Waals surface area (Å²) in [5, 5.41) is 8.79. The Morgan fingerprint density at radius 1 is 1.55 bits per heavy atom. The van der Waals surface area contributed by atoms with Crippen molar-refractivity contribution in [1.82, 2.24) is 0 Å². The third-order valence-electron chi connectivity index (χ3n) is 2.35. The van der Waals surface area contributed by atoms with E-state index in [0.29, 0.717) is 9.84 Å². The maximum absolute atomic E-state index is 10.7. The minimum atomic E-state index is -0.615. The molecule has 64 valence electrons. The zero-order valence-corrected chi connectivity index (χ0v) is 8.74. The van der Waals surface area contributed by atoms with Crippen LogP contribution in [0.4, 0.5) is 0 Å². The summed E-state index contributed by atoms with van der Waals surface area (Å²) in [4.78, 5) is 10.7. The summed E-state index contributed by atoms with van der Waals surface area (Å²) in [7, 11) is 0. The molecule has 0 aliphatic heterocycles. The van der Waals surface area contributed by atoms with Crippen molar-refractivity contribution >= 4 is 28.6 Å². The molecule has 3 unspecified atom stereocenters. The summed E-state index contributed by atoms with van der Waals surface area (Å²) in [5.41, 5.74) is 0. The van der Waals surface area contributed by atoms with E-state index in [1.54, 1.807) is 0 Å². The van der Waals surface area contributed by atoms with Gasteiger partial charge < -0.3 is 5.11 Å². The van der Waals surface area contributed by atoms with Crippen LogP contribution < -0.4 is 0 Å². The van der Waals surface area contributed by atoms with Crippen molar-refractivity contribution in [3.05, 3.63) is 0 Å². The van der Waals surface area contributed by atoms with E-state index < -0.39 is 5.97 Å². The van der Waals surface area contributed by atoms with Gasteiger partial charge in [0, 0.05) is 3.92 Å². The normalized spacial score (nSPS) is 38.5. The fourth-order valence-corrected chi connectivity index (χ4v) is 3.12. The quantitative estimate of drug-likeness (QED) is 0.585. The average Bonchev–Trinajstić information content (AvgIpc) is 1.85. The number of carboxylic acid groups (broad SMARTS) is 1. The van der Waals surface area contributed by atoms with Crippen molar-refractivity contribution in [2.75, 3.05) is 0 Å². The molecule has 0 spiro atoms. The van der Waals surface area contributed by atoms with E-state index in [0.717, 1.165) is 19.3 Å². The van der Waals surface area contributed by atoms with Crippen molar-refractivity contribution in [3.63, 3.8) is 0 Å². The van der Waals surface area contributed by atoms with Crippen LogP contribution >= 0.6 is 22.6 Å². The Balaban J connectivity index is 2.50. The van der Waals surface area contributed by atoms with Gasteiger partial charge >= 0.3 is 5.97 Å². The molecule has 1 aliphatic carbocycles. The van der Waals surface area contributed by atoms with Crippen LogP contribution in [0.1, 0.15) is 26.2 Å². The predicted molar refractivity (Wildman–Crippen MR) is 51.9 cm³/mol. The van der Waals surface area contributed by atoms with E-state index in [-0.39, 0.29) is 5.92 Å². The first kappa shape index (κ1) is 9.29. The highest BCUT2D eigenvalue weighted by atomic mass is 127. The number of aliphatic carboxylic acids is 1. The van der Waals surface area contributed by atoms with Gasteiger partial charge in [0.2, 0.25) is 0 Å². The Kier molecular flexibility index (Phi) is 3.16. The van der Waals surface area contributed by atoms with Gasteiger partial charge in [-0.1, -0.05) is 29.5 Å². The second-order valence-corrected chi connectivity index (χ2v) is 4.98. The minimum Gasteiger partial charge on any atom is -0.481 e. The van der Waals surface area contributed by atoms with E-state index in [9.17, 15) is 4.79 Å². The highest BCUT2D eigenvalue weighted by Gasteiger charge is 2.31. The Labute approximate surface area is 80.5 Å². The molecule has 0 aromatic carbocycles. The Bertz CT molecular complexity index is 158. The minimum absolute atomic E-state index is 0.0909. The number of hydrogen-bond acceptors (Lipinski definition) is 1. The Morgan fingerprint density at radius 2 is 2.18 bits per heavy atom. The molecule has 1 saturated carbocycles. The fourth-order valence-electron chi connectivity index (χ4n) is 1.59. The second-order valence-electron chi connectivity index (χ2n) is 3.38. The van der Waals surface area contributed by atoms with Gasteiger partial charge in [0.25, 0.3) is 0 Å². The third kappa shape index (κ3) is 2.32. The second kappa shape index (κ2) is 3.74. The SMILES string of the molecule is CC1CCC(C(=O)O)C(I)C1. The van der Waals surface area contributed by atoms with Crippen LogP contribution in [0.5, 0.6) is 0 Å². The average molecular weight is 268 g/mol. The number of hydrogen-bond donors (Lipinski definition) is 1. The van der Waals surface area contributed by atoms with Gasteiger partial charge in [-0.15, -0.1) is 0 Å². The van der Waals surface area contributed by atoms with E-state index >= 15 is 0 Å². The molecule has 1 N–H and O–H groups in total. The van der Waals surface area contributed by atoms with Crippen LogP contribution in [0.2, 0.25) is 0 Å². The summed E-state index contributed by atoms with van der Waals surface area (Å²) in [6, 6.07) is 0. The molecule has 1 fully saturated rings. The van der Waals surface area contributed by atoms with Gasteiger partial charge in [-0.25, -0.2) is 0 Å². The molecule has 3 heteroatoms. The van der Waals surface area contributed by atoms with Gasteiger partial charge in [0.1, 0.15) is 0 Å². The highest BCUT2D eigenvalue weighted by Crippen LogP contribution is 2.33. The maximum Gasteiger partial charge on any atom is 0.307 e. The molecule has 0 aromatic heterocycles. The Morgan fingerprint density at radius 3 is 2.64 bits per heavy atom. The lowest BCUT2D eigenvalue weighted by molar-refractivity contribution is -0.142. The molecule has 0 heterocycles. The summed E-state index contributed by atoms with van der Waals surface area (Å²) < 4.78 is 0.342. The molecule has 0 radical (unpaired) electrons. The van der Waals surface area contributed by atoms with Crippen molar-refractivity contribution in [2.24, 2.45) is 11.8 Å². The van der Waals surface area contributed by atoms with E-state index in [1.165, 1.54) is 0 Å². The van der Waals surface area contributed by atoms with E-state index in [4.69, 9.17) is 5.11 Å². The number of carbonyl (C=O) groups is 1. The van der Waals surface area contributed by atoms with Crippen molar-refractivity contribution in [1.29, 1.82) is 0 Å². The summed E-state index contributed by atoms with van der Waals surface area (Å²) in [6.07, 6.45) is 3.01. The first-order chi connectivity index (χ1) is 5.11. The van der Waals surface area contributed by atoms with Crippen LogP contribution in [0, 0.1) is 11.8 Å². The predicted octanol–water partition coefficient (Wildman–Crippen LogP) is 2.31. The number of halogens is 1. The smallest absolute Gasteiger partial charge is 0.307 e. The van der Waals surface area contributed by atoms with E-state index in [1.807, 2.05) is 0 Å². The summed E-state index contributed by atoms with van der Waals surface area (Å²) in [5.74, 6) is 0.00981. The van der Waals surface area contributed by atoms with Crippen LogP contribution in [0.15, 0.2) is 0 Å². The lowest BCUT2D eigenvalue weighted by Gasteiger charge is -2.28. The lowest BCUT2D eigenvalue weighted by atomic mass is 9.83. The highest BCUT2D eigenvalue weighted by molar-refractivity contribution is 14.1. The van der Waals surface area contributed by atoms with Crippen molar-refractivity contribution in [3.8, 4) is 0 Å². The molecule has 2 nitrogen and oxygen atoms in total. The molecule has 1 rings (SSSR count). The summed E-state index contributed by atoms with van der Waals surface area (Å²) >= 11 is 2.27. The number of carboxylic acids is 1. The zero-order valence-electron chi connectivity index (χ0n) is 6.59.